The molecule has 1 N–H and O–H groups in total. The Labute approximate surface area is 159 Å². The summed E-state index contributed by atoms with van der Waals surface area (Å²) in [4.78, 5) is 6.40. The summed E-state index contributed by atoms with van der Waals surface area (Å²) >= 11 is 0. The first-order valence-corrected chi connectivity index (χ1v) is 8.63. The van der Waals surface area contributed by atoms with Gasteiger partial charge in [-0.1, -0.05) is 30.3 Å². The second-order valence-corrected chi connectivity index (χ2v) is 6.31. The Balaban J connectivity index is 1.79. The van der Waals surface area contributed by atoms with E-state index in [4.69, 9.17) is 9.15 Å². The van der Waals surface area contributed by atoms with E-state index in [1.807, 2.05) is 68.7 Å². The Morgan fingerprint density at radius 1 is 1.15 bits per heavy atom. The van der Waals surface area contributed by atoms with Gasteiger partial charge in [-0.3, -0.25) is 0 Å². The fourth-order valence-corrected chi connectivity index (χ4v) is 2.83. The molecule has 1 heterocycles. The van der Waals surface area contributed by atoms with Gasteiger partial charge in [-0.25, -0.2) is 0 Å². The van der Waals surface area contributed by atoms with E-state index in [-0.39, 0.29) is 11.7 Å². The molecule has 27 heavy (non-hydrogen) atoms. The highest BCUT2D eigenvalue weighted by Gasteiger charge is 2.18. The van der Waals surface area contributed by atoms with E-state index < -0.39 is 0 Å². The molecule has 3 aromatic rings. The lowest BCUT2D eigenvalue weighted by Gasteiger charge is -2.25. The van der Waals surface area contributed by atoms with E-state index in [9.17, 15) is 5.26 Å². The zero-order valence-corrected chi connectivity index (χ0v) is 15.6. The first-order chi connectivity index (χ1) is 13.1. The van der Waals surface area contributed by atoms with E-state index >= 15 is 0 Å². The zero-order valence-electron chi connectivity index (χ0n) is 15.6. The molecule has 1 unspecified atom stereocenters. The van der Waals surface area contributed by atoms with Gasteiger partial charge >= 0.3 is 0 Å². The van der Waals surface area contributed by atoms with Crippen molar-refractivity contribution in [1.29, 1.82) is 5.26 Å². The molecule has 0 fully saturated rings. The number of hydrogen-bond donors (Lipinski definition) is 1. The van der Waals surface area contributed by atoms with Crippen LogP contribution in [0.4, 0.5) is 5.88 Å². The number of benzene rings is 2. The number of likely N-dealkylation sites (N-methyl/N-ethyl adjacent to an activating group) is 1. The number of hydrogen-bond acceptors (Lipinski definition) is 6. The number of oxazole rings is 1. The van der Waals surface area contributed by atoms with Crippen molar-refractivity contribution in [2.45, 2.75) is 6.04 Å². The first kappa shape index (κ1) is 18.5. The second-order valence-electron chi connectivity index (χ2n) is 6.31. The Morgan fingerprint density at radius 3 is 2.44 bits per heavy atom. The van der Waals surface area contributed by atoms with Gasteiger partial charge in [0.2, 0.25) is 17.5 Å². The monoisotopic (exact) mass is 362 g/mol. The molecule has 6 nitrogen and oxygen atoms in total. The van der Waals surface area contributed by atoms with E-state index in [1.54, 1.807) is 7.11 Å². The SMILES string of the molecule is COc1ccc(C(CNc2oc(-c3ccccc3)nc2C#N)N(C)C)cc1. The van der Waals surface area contributed by atoms with Crippen LogP contribution in [0.25, 0.3) is 11.5 Å². The number of anilines is 1. The van der Waals surface area contributed by atoms with Crippen molar-refractivity contribution in [3.8, 4) is 23.3 Å². The maximum absolute atomic E-state index is 9.39. The number of rotatable bonds is 7. The van der Waals surface area contributed by atoms with Crippen molar-refractivity contribution >= 4 is 5.88 Å². The van der Waals surface area contributed by atoms with Crippen LogP contribution in [-0.2, 0) is 0 Å². The largest absolute Gasteiger partial charge is 0.497 e. The molecule has 1 atom stereocenters. The maximum atomic E-state index is 9.39. The van der Waals surface area contributed by atoms with Crippen molar-refractivity contribution in [2.24, 2.45) is 0 Å². The van der Waals surface area contributed by atoms with Crippen LogP contribution < -0.4 is 10.1 Å². The lowest BCUT2D eigenvalue weighted by atomic mass is 10.1. The highest BCUT2D eigenvalue weighted by molar-refractivity contribution is 5.58. The predicted octanol–water partition coefficient (Wildman–Crippen LogP) is 3.94. The molecule has 0 aliphatic rings. The van der Waals surface area contributed by atoms with Crippen LogP contribution in [0.2, 0.25) is 0 Å². The third kappa shape index (κ3) is 4.27. The average molecular weight is 362 g/mol. The minimum Gasteiger partial charge on any atom is -0.497 e. The number of methoxy groups -OCH3 is 1. The summed E-state index contributed by atoms with van der Waals surface area (Å²) in [6.45, 7) is 0.567. The van der Waals surface area contributed by atoms with Gasteiger partial charge in [0.15, 0.2) is 0 Å². The highest BCUT2D eigenvalue weighted by atomic mass is 16.5. The van der Waals surface area contributed by atoms with Gasteiger partial charge in [0.25, 0.3) is 0 Å². The number of ether oxygens (including phenoxy) is 1. The molecule has 0 aliphatic carbocycles. The van der Waals surface area contributed by atoms with Gasteiger partial charge in [0.1, 0.15) is 11.8 Å². The van der Waals surface area contributed by atoms with Gasteiger partial charge < -0.3 is 19.4 Å². The normalized spacial score (nSPS) is 11.8. The van der Waals surface area contributed by atoms with Gasteiger partial charge in [0.05, 0.1) is 13.2 Å². The van der Waals surface area contributed by atoms with E-state index in [0.29, 0.717) is 18.3 Å². The van der Waals surface area contributed by atoms with Crippen LogP contribution in [0.3, 0.4) is 0 Å². The summed E-state index contributed by atoms with van der Waals surface area (Å²) in [5, 5.41) is 12.6. The Kier molecular flexibility index (Phi) is 5.74. The van der Waals surface area contributed by atoms with Gasteiger partial charge in [-0.15, -0.1) is 0 Å². The van der Waals surface area contributed by atoms with Crippen LogP contribution in [0.15, 0.2) is 59.0 Å². The van der Waals surface area contributed by atoms with Crippen molar-refractivity contribution in [1.82, 2.24) is 9.88 Å². The molecular formula is C21H22N4O2. The molecule has 0 saturated carbocycles. The van der Waals surface area contributed by atoms with Gasteiger partial charge in [-0.2, -0.15) is 10.2 Å². The minimum absolute atomic E-state index is 0.0905. The van der Waals surface area contributed by atoms with Crippen LogP contribution >= 0.6 is 0 Å². The van der Waals surface area contributed by atoms with Gasteiger partial charge in [-0.05, 0) is 43.9 Å². The molecule has 0 spiro atoms. The summed E-state index contributed by atoms with van der Waals surface area (Å²) < 4.78 is 11.0. The Morgan fingerprint density at radius 2 is 1.85 bits per heavy atom. The van der Waals surface area contributed by atoms with Crippen LogP contribution in [0.5, 0.6) is 5.75 Å². The fraction of sp³-hybridized carbons (Fsp3) is 0.238. The van der Waals surface area contributed by atoms with Crippen molar-refractivity contribution < 1.29 is 9.15 Å². The lowest BCUT2D eigenvalue weighted by Crippen LogP contribution is -2.26. The van der Waals surface area contributed by atoms with E-state index in [0.717, 1.165) is 16.9 Å². The minimum atomic E-state index is 0.0905. The molecule has 0 radical (unpaired) electrons. The molecule has 3 rings (SSSR count). The summed E-state index contributed by atoms with van der Waals surface area (Å²) in [5.41, 5.74) is 2.22. The highest BCUT2D eigenvalue weighted by Crippen LogP contribution is 2.27. The summed E-state index contributed by atoms with van der Waals surface area (Å²) in [7, 11) is 5.67. The molecule has 6 heteroatoms. The van der Waals surface area contributed by atoms with Crippen LogP contribution in [0.1, 0.15) is 17.3 Å². The summed E-state index contributed by atoms with van der Waals surface area (Å²) in [6, 6.07) is 19.7. The number of nitrogens with zero attached hydrogens (tertiary/aromatic N) is 3. The van der Waals surface area contributed by atoms with E-state index in [1.165, 1.54) is 0 Å². The smallest absolute Gasteiger partial charge is 0.232 e. The molecule has 138 valence electrons. The van der Waals surface area contributed by atoms with Crippen LogP contribution in [-0.4, -0.2) is 37.6 Å². The summed E-state index contributed by atoms with van der Waals surface area (Å²) in [6.07, 6.45) is 0. The number of aromatic nitrogens is 1. The van der Waals surface area contributed by atoms with Crippen molar-refractivity contribution in [3.05, 3.63) is 65.9 Å². The topological polar surface area (TPSA) is 74.3 Å². The molecule has 0 saturated heterocycles. The molecular weight excluding hydrogens is 340 g/mol. The van der Waals surface area contributed by atoms with Crippen molar-refractivity contribution in [2.75, 3.05) is 33.1 Å². The predicted molar refractivity (Wildman–Crippen MR) is 105 cm³/mol. The fourth-order valence-electron chi connectivity index (χ4n) is 2.83. The Hall–Kier alpha value is -3.30. The Bertz CT molecular complexity index is 912. The van der Waals surface area contributed by atoms with Crippen LogP contribution in [0, 0.1) is 11.3 Å². The zero-order chi connectivity index (χ0) is 19.2. The maximum Gasteiger partial charge on any atom is 0.232 e. The number of nitrogens with one attached hydrogen (secondary N) is 1. The standard InChI is InChI=1S/C21H22N4O2/c1-25(2)19(15-9-11-17(26-3)12-10-15)14-23-21-18(13-22)24-20(27-21)16-7-5-4-6-8-16/h4-12,19,23H,14H2,1-3H3. The molecule has 2 aromatic carbocycles. The lowest BCUT2D eigenvalue weighted by molar-refractivity contribution is 0.310. The van der Waals surface area contributed by atoms with E-state index in [2.05, 4.69) is 21.3 Å². The molecule has 1 aromatic heterocycles. The molecule has 0 aliphatic heterocycles. The van der Waals surface area contributed by atoms with Crippen molar-refractivity contribution in [3.63, 3.8) is 0 Å². The average Bonchev–Trinajstić information content (AvgIpc) is 3.12. The quantitative estimate of drug-likeness (QED) is 0.686. The summed E-state index contributed by atoms with van der Waals surface area (Å²) in [5.74, 6) is 1.64. The third-order valence-electron chi connectivity index (χ3n) is 4.33. The number of nitriles is 1. The second kappa shape index (κ2) is 8.39. The molecule has 0 bridgehead atoms. The molecule has 0 amide bonds. The third-order valence-corrected chi connectivity index (χ3v) is 4.33. The van der Waals surface area contributed by atoms with Gasteiger partial charge in [0, 0.05) is 12.1 Å². The first-order valence-electron chi connectivity index (χ1n) is 8.63.